The molecule has 0 aromatic heterocycles. The number of carboxylic acids is 1. The van der Waals surface area contributed by atoms with Crippen molar-refractivity contribution in [2.45, 2.75) is 6.42 Å². The molecule has 0 bridgehead atoms. The third-order valence-electron chi connectivity index (χ3n) is 1.49. The summed E-state index contributed by atoms with van der Waals surface area (Å²) in [5.41, 5.74) is 0.686. The molecule has 4 nitrogen and oxygen atoms in total. The van der Waals surface area contributed by atoms with Crippen LogP contribution in [0, 0.1) is 0 Å². The molecule has 0 saturated carbocycles. The van der Waals surface area contributed by atoms with Gasteiger partial charge in [-0.25, -0.2) is 0 Å². The van der Waals surface area contributed by atoms with Crippen molar-refractivity contribution in [1.82, 2.24) is 0 Å². The van der Waals surface area contributed by atoms with Crippen LogP contribution in [0.4, 0.5) is 0 Å². The standard InChI is InChI=1S/C9H8O4/c10-5-7-1-6(4-9(12)13)2-8(11)3-7/h1-3,5,11H,4H2,(H,12,13). The Bertz CT molecular complexity index is 343. The molecule has 1 aromatic rings. The van der Waals surface area contributed by atoms with Gasteiger partial charge in [0.15, 0.2) is 0 Å². The van der Waals surface area contributed by atoms with Gasteiger partial charge in [-0.2, -0.15) is 0 Å². The second-order valence-electron chi connectivity index (χ2n) is 2.62. The quantitative estimate of drug-likeness (QED) is 0.675. The maximum absolute atomic E-state index is 10.3. The summed E-state index contributed by atoms with van der Waals surface area (Å²) in [7, 11) is 0. The number of aromatic hydroxyl groups is 1. The van der Waals surface area contributed by atoms with Gasteiger partial charge < -0.3 is 10.2 Å². The Morgan fingerprint density at radius 2 is 2.08 bits per heavy atom. The van der Waals surface area contributed by atoms with Gasteiger partial charge in [-0.05, 0) is 23.8 Å². The number of hydrogen-bond acceptors (Lipinski definition) is 3. The van der Waals surface area contributed by atoms with Gasteiger partial charge in [-0.3, -0.25) is 9.59 Å². The second kappa shape index (κ2) is 3.71. The number of benzene rings is 1. The highest BCUT2D eigenvalue weighted by Crippen LogP contribution is 2.14. The summed E-state index contributed by atoms with van der Waals surface area (Å²) >= 11 is 0. The molecule has 0 radical (unpaired) electrons. The zero-order valence-electron chi connectivity index (χ0n) is 6.73. The van der Waals surface area contributed by atoms with E-state index in [0.717, 1.165) is 0 Å². The Morgan fingerprint density at radius 3 is 2.62 bits per heavy atom. The Morgan fingerprint density at radius 1 is 1.38 bits per heavy atom. The number of phenols is 1. The summed E-state index contributed by atoms with van der Waals surface area (Å²) in [5, 5.41) is 17.5. The third-order valence-corrected chi connectivity index (χ3v) is 1.49. The van der Waals surface area contributed by atoms with Crippen LogP contribution in [0.15, 0.2) is 18.2 Å². The van der Waals surface area contributed by atoms with E-state index in [0.29, 0.717) is 11.8 Å². The Labute approximate surface area is 74.4 Å². The summed E-state index contributed by atoms with van der Waals surface area (Å²) in [6.07, 6.45) is 0.361. The number of carbonyl (C=O) groups is 2. The van der Waals surface area contributed by atoms with Gasteiger partial charge in [0.05, 0.1) is 6.42 Å². The van der Waals surface area contributed by atoms with Crippen LogP contribution in [0.25, 0.3) is 0 Å². The molecular formula is C9H8O4. The minimum absolute atomic E-state index is 0.0964. The zero-order chi connectivity index (χ0) is 9.84. The number of aldehydes is 1. The van der Waals surface area contributed by atoms with Gasteiger partial charge in [-0.1, -0.05) is 0 Å². The van der Waals surface area contributed by atoms with E-state index in [9.17, 15) is 9.59 Å². The average molecular weight is 180 g/mol. The Balaban J connectivity index is 3.01. The van der Waals surface area contributed by atoms with Crippen LogP contribution in [-0.4, -0.2) is 22.5 Å². The zero-order valence-corrected chi connectivity index (χ0v) is 6.73. The van der Waals surface area contributed by atoms with Crippen LogP contribution < -0.4 is 0 Å². The lowest BCUT2D eigenvalue weighted by molar-refractivity contribution is -0.136. The van der Waals surface area contributed by atoms with Crippen molar-refractivity contribution in [3.63, 3.8) is 0 Å². The summed E-state index contributed by atoms with van der Waals surface area (Å²) in [5.74, 6) is -1.09. The molecule has 0 fully saturated rings. The van der Waals surface area contributed by atoms with Crippen LogP contribution in [-0.2, 0) is 11.2 Å². The van der Waals surface area contributed by atoms with E-state index >= 15 is 0 Å². The molecular weight excluding hydrogens is 172 g/mol. The normalized spacial score (nSPS) is 9.54. The first-order valence-electron chi connectivity index (χ1n) is 3.61. The number of carboxylic acid groups (broad SMARTS) is 1. The fourth-order valence-electron chi connectivity index (χ4n) is 1.04. The molecule has 4 heteroatoms. The number of phenolic OH excluding ortho intramolecular Hbond substituents is 1. The fourth-order valence-corrected chi connectivity index (χ4v) is 1.04. The molecule has 1 rings (SSSR count). The average Bonchev–Trinajstić information content (AvgIpc) is 2.01. The summed E-state index contributed by atoms with van der Waals surface area (Å²) in [4.78, 5) is 20.6. The lowest BCUT2D eigenvalue weighted by Gasteiger charge is -1.99. The summed E-state index contributed by atoms with van der Waals surface area (Å²) < 4.78 is 0. The van der Waals surface area contributed by atoms with Crippen LogP contribution in [0.3, 0.4) is 0 Å². The number of carbonyl (C=O) groups excluding carboxylic acids is 1. The fraction of sp³-hybridized carbons (Fsp3) is 0.111. The number of hydrogen-bond donors (Lipinski definition) is 2. The van der Waals surface area contributed by atoms with Gasteiger partial charge in [0.1, 0.15) is 12.0 Å². The monoisotopic (exact) mass is 180 g/mol. The van der Waals surface area contributed by atoms with Crippen molar-refractivity contribution in [2.24, 2.45) is 0 Å². The molecule has 0 unspecified atom stereocenters. The van der Waals surface area contributed by atoms with Crippen molar-refractivity contribution < 1.29 is 19.8 Å². The molecule has 2 N–H and O–H groups in total. The molecule has 0 atom stereocenters. The van der Waals surface area contributed by atoms with E-state index in [4.69, 9.17) is 10.2 Å². The van der Waals surface area contributed by atoms with E-state index in [2.05, 4.69) is 0 Å². The predicted molar refractivity (Wildman–Crippen MR) is 44.8 cm³/mol. The lowest BCUT2D eigenvalue weighted by atomic mass is 10.1. The number of rotatable bonds is 3. The smallest absolute Gasteiger partial charge is 0.307 e. The lowest BCUT2D eigenvalue weighted by Crippen LogP contribution is -2.00. The Kier molecular flexibility index (Phi) is 2.64. The predicted octanol–water partition coefficient (Wildman–Crippen LogP) is 0.832. The largest absolute Gasteiger partial charge is 0.508 e. The highest BCUT2D eigenvalue weighted by molar-refractivity contribution is 5.77. The van der Waals surface area contributed by atoms with Crippen molar-refractivity contribution in [3.05, 3.63) is 29.3 Å². The minimum Gasteiger partial charge on any atom is -0.508 e. The van der Waals surface area contributed by atoms with Crippen LogP contribution in [0.1, 0.15) is 15.9 Å². The van der Waals surface area contributed by atoms with Gasteiger partial charge >= 0.3 is 5.97 Å². The topological polar surface area (TPSA) is 74.6 Å². The maximum atomic E-state index is 10.3. The van der Waals surface area contributed by atoms with Gasteiger partial charge in [0.2, 0.25) is 0 Å². The Hall–Kier alpha value is -1.84. The highest BCUT2D eigenvalue weighted by Gasteiger charge is 2.03. The molecule has 0 amide bonds. The minimum atomic E-state index is -0.998. The van der Waals surface area contributed by atoms with E-state index in [-0.39, 0.29) is 17.7 Å². The second-order valence-corrected chi connectivity index (χ2v) is 2.62. The van der Waals surface area contributed by atoms with E-state index in [1.165, 1.54) is 18.2 Å². The van der Waals surface area contributed by atoms with E-state index in [1.54, 1.807) is 0 Å². The molecule has 0 aliphatic rings. The molecule has 0 aliphatic heterocycles. The van der Waals surface area contributed by atoms with Crippen LogP contribution >= 0.6 is 0 Å². The van der Waals surface area contributed by atoms with Gasteiger partial charge in [0.25, 0.3) is 0 Å². The molecule has 0 saturated heterocycles. The molecule has 13 heavy (non-hydrogen) atoms. The van der Waals surface area contributed by atoms with Crippen LogP contribution in [0.5, 0.6) is 5.75 Å². The summed E-state index contributed by atoms with van der Waals surface area (Å²) in [6, 6.07) is 4.03. The van der Waals surface area contributed by atoms with Crippen molar-refractivity contribution in [3.8, 4) is 5.75 Å². The van der Waals surface area contributed by atoms with Crippen molar-refractivity contribution in [1.29, 1.82) is 0 Å². The van der Waals surface area contributed by atoms with E-state index < -0.39 is 5.97 Å². The molecule has 0 spiro atoms. The first kappa shape index (κ1) is 9.25. The SMILES string of the molecule is O=Cc1cc(O)cc(CC(=O)O)c1. The molecule has 0 heterocycles. The van der Waals surface area contributed by atoms with Crippen LogP contribution in [0.2, 0.25) is 0 Å². The van der Waals surface area contributed by atoms with E-state index in [1.807, 2.05) is 0 Å². The first-order valence-corrected chi connectivity index (χ1v) is 3.61. The highest BCUT2D eigenvalue weighted by atomic mass is 16.4. The first-order chi connectivity index (χ1) is 6.11. The van der Waals surface area contributed by atoms with Crippen molar-refractivity contribution in [2.75, 3.05) is 0 Å². The summed E-state index contributed by atoms with van der Waals surface area (Å²) in [6.45, 7) is 0. The molecule has 68 valence electrons. The maximum Gasteiger partial charge on any atom is 0.307 e. The van der Waals surface area contributed by atoms with Crippen molar-refractivity contribution >= 4 is 12.3 Å². The molecule has 0 aliphatic carbocycles. The van der Waals surface area contributed by atoms with Gasteiger partial charge in [0, 0.05) is 5.56 Å². The molecule has 1 aromatic carbocycles. The third kappa shape index (κ3) is 2.59. The number of aliphatic carboxylic acids is 1. The van der Waals surface area contributed by atoms with Gasteiger partial charge in [-0.15, -0.1) is 0 Å².